The van der Waals surface area contributed by atoms with E-state index >= 15 is 0 Å². The molecule has 6 nitrogen and oxygen atoms in total. The van der Waals surface area contributed by atoms with Gasteiger partial charge in [0.2, 0.25) is 5.91 Å². The predicted octanol–water partition coefficient (Wildman–Crippen LogP) is 4.54. The van der Waals surface area contributed by atoms with Crippen LogP contribution in [-0.4, -0.2) is 43.5 Å². The summed E-state index contributed by atoms with van der Waals surface area (Å²) >= 11 is 0. The van der Waals surface area contributed by atoms with Gasteiger partial charge < -0.3 is 15.4 Å². The first-order valence-electron chi connectivity index (χ1n) is 10.6. The van der Waals surface area contributed by atoms with Crippen molar-refractivity contribution < 1.29 is 14.3 Å². The van der Waals surface area contributed by atoms with Gasteiger partial charge in [-0.15, -0.1) is 0 Å². The number of ether oxygens (including phenoxy) is 1. The van der Waals surface area contributed by atoms with Crippen LogP contribution in [0.25, 0.3) is 0 Å². The van der Waals surface area contributed by atoms with Crippen LogP contribution in [0.3, 0.4) is 0 Å². The Balaban J connectivity index is 1.62. The first-order valence-corrected chi connectivity index (χ1v) is 10.6. The Morgan fingerprint density at radius 2 is 1.63 bits per heavy atom. The van der Waals surface area contributed by atoms with Crippen LogP contribution in [0.5, 0.6) is 5.75 Å². The van der Waals surface area contributed by atoms with Gasteiger partial charge in [0, 0.05) is 11.7 Å². The first-order chi connectivity index (χ1) is 14.6. The SMILES string of the molecule is COc1ccc(NC(=O)c2ccccc2NC(=O)CN(C)C2CCCCCC2)cc1. The third-order valence-corrected chi connectivity index (χ3v) is 5.63. The highest BCUT2D eigenvalue weighted by Gasteiger charge is 2.20. The summed E-state index contributed by atoms with van der Waals surface area (Å²) in [7, 11) is 3.61. The van der Waals surface area contributed by atoms with Crippen molar-refractivity contribution in [2.24, 2.45) is 0 Å². The number of nitrogens with zero attached hydrogens (tertiary/aromatic N) is 1. The number of methoxy groups -OCH3 is 1. The zero-order chi connectivity index (χ0) is 21.3. The van der Waals surface area contributed by atoms with Crippen LogP contribution >= 0.6 is 0 Å². The summed E-state index contributed by atoms with van der Waals surface area (Å²) in [5.41, 5.74) is 1.61. The number of carbonyl (C=O) groups is 2. The summed E-state index contributed by atoms with van der Waals surface area (Å²) < 4.78 is 5.14. The van der Waals surface area contributed by atoms with Crippen molar-refractivity contribution in [1.29, 1.82) is 0 Å². The molecule has 2 amide bonds. The number of carbonyl (C=O) groups excluding carboxylic acids is 2. The molecule has 1 aliphatic rings. The quantitative estimate of drug-likeness (QED) is 0.659. The largest absolute Gasteiger partial charge is 0.497 e. The molecule has 0 aliphatic heterocycles. The van der Waals surface area contributed by atoms with Crippen molar-refractivity contribution in [3.8, 4) is 5.75 Å². The Bertz CT molecular complexity index is 843. The molecular formula is C24H31N3O3. The molecule has 3 rings (SSSR count). The molecular weight excluding hydrogens is 378 g/mol. The van der Waals surface area contributed by atoms with E-state index < -0.39 is 0 Å². The molecule has 0 bridgehead atoms. The number of nitrogens with one attached hydrogen (secondary N) is 2. The minimum absolute atomic E-state index is 0.105. The van der Waals surface area contributed by atoms with E-state index in [0.717, 1.165) is 18.6 Å². The minimum Gasteiger partial charge on any atom is -0.497 e. The molecule has 0 radical (unpaired) electrons. The first kappa shape index (κ1) is 21.8. The standard InChI is InChI=1S/C24H31N3O3/c1-27(19-9-5-3-4-6-10-19)17-23(28)26-22-12-8-7-11-21(22)24(29)25-18-13-15-20(30-2)16-14-18/h7-8,11-16,19H,3-6,9-10,17H2,1-2H3,(H,25,29)(H,26,28). The molecule has 30 heavy (non-hydrogen) atoms. The maximum absolute atomic E-state index is 12.8. The lowest BCUT2D eigenvalue weighted by Crippen LogP contribution is -2.38. The normalized spacial score (nSPS) is 14.8. The van der Waals surface area contributed by atoms with E-state index in [1.807, 2.05) is 13.1 Å². The second-order valence-corrected chi connectivity index (χ2v) is 7.84. The molecule has 1 aliphatic carbocycles. The van der Waals surface area contributed by atoms with Gasteiger partial charge in [0.25, 0.3) is 5.91 Å². The molecule has 0 unspecified atom stereocenters. The van der Waals surface area contributed by atoms with Gasteiger partial charge in [-0.1, -0.05) is 37.8 Å². The smallest absolute Gasteiger partial charge is 0.257 e. The van der Waals surface area contributed by atoms with Gasteiger partial charge in [-0.2, -0.15) is 0 Å². The van der Waals surface area contributed by atoms with Crippen LogP contribution in [0.15, 0.2) is 48.5 Å². The third-order valence-electron chi connectivity index (χ3n) is 5.63. The molecule has 2 N–H and O–H groups in total. The van der Waals surface area contributed by atoms with Crippen molar-refractivity contribution in [3.63, 3.8) is 0 Å². The molecule has 2 aromatic rings. The van der Waals surface area contributed by atoms with Gasteiger partial charge >= 0.3 is 0 Å². The zero-order valence-corrected chi connectivity index (χ0v) is 17.8. The fourth-order valence-corrected chi connectivity index (χ4v) is 3.91. The minimum atomic E-state index is -0.270. The summed E-state index contributed by atoms with van der Waals surface area (Å²) in [4.78, 5) is 27.6. The van der Waals surface area contributed by atoms with Crippen molar-refractivity contribution in [2.45, 2.75) is 44.6 Å². The van der Waals surface area contributed by atoms with Crippen LogP contribution in [0.2, 0.25) is 0 Å². The number of benzene rings is 2. The van der Waals surface area contributed by atoms with E-state index in [9.17, 15) is 9.59 Å². The Kier molecular flexibility index (Phi) is 7.85. The number of amides is 2. The molecule has 1 saturated carbocycles. The summed E-state index contributed by atoms with van der Waals surface area (Å²) in [6, 6.07) is 14.6. The highest BCUT2D eigenvalue weighted by atomic mass is 16.5. The lowest BCUT2D eigenvalue weighted by molar-refractivity contribution is -0.117. The van der Waals surface area contributed by atoms with Gasteiger partial charge in [-0.25, -0.2) is 0 Å². The summed E-state index contributed by atoms with van der Waals surface area (Å²) in [6.45, 7) is 0.319. The molecule has 160 valence electrons. The predicted molar refractivity (Wildman–Crippen MR) is 120 cm³/mol. The van der Waals surface area contributed by atoms with E-state index in [2.05, 4.69) is 15.5 Å². The number of para-hydroxylation sites is 1. The molecule has 0 spiro atoms. The van der Waals surface area contributed by atoms with Gasteiger partial charge in [-0.3, -0.25) is 14.5 Å². The van der Waals surface area contributed by atoms with E-state index in [-0.39, 0.29) is 11.8 Å². The van der Waals surface area contributed by atoms with E-state index in [4.69, 9.17) is 4.74 Å². The fraction of sp³-hybridized carbons (Fsp3) is 0.417. The monoisotopic (exact) mass is 409 g/mol. The Hall–Kier alpha value is -2.86. The van der Waals surface area contributed by atoms with Crippen LogP contribution < -0.4 is 15.4 Å². The lowest BCUT2D eigenvalue weighted by Gasteiger charge is -2.26. The molecule has 2 aromatic carbocycles. The average molecular weight is 410 g/mol. The second kappa shape index (κ2) is 10.8. The number of rotatable bonds is 7. The van der Waals surface area contributed by atoms with Crippen molar-refractivity contribution in [3.05, 3.63) is 54.1 Å². The Labute approximate surface area is 178 Å². The number of likely N-dealkylation sites (N-methyl/N-ethyl adjacent to an activating group) is 1. The number of anilines is 2. The third kappa shape index (κ3) is 6.07. The molecule has 0 aromatic heterocycles. The lowest BCUT2D eigenvalue weighted by atomic mass is 10.1. The van der Waals surface area contributed by atoms with Crippen molar-refractivity contribution >= 4 is 23.2 Å². The van der Waals surface area contributed by atoms with Crippen LogP contribution in [-0.2, 0) is 4.79 Å². The Morgan fingerprint density at radius 1 is 0.967 bits per heavy atom. The summed E-state index contributed by atoms with van der Waals surface area (Å²) in [5.74, 6) is 0.345. The fourth-order valence-electron chi connectivity index (χ4n) is 3.91. The summed E-state index contributed by atoms with van der Waals surface area (Å²) in [5, 5.41) is 5.79. The molecule has 0 atom stereocenters. The molecule has 1 fully saturated rings. The van der Waals surface area contributed by atoms with Crippen LogP contribution in [0.1, 0.15) is 48.9 Å². The van der Waals surface area contributed by atoms with Gasteiger partial charge in [0.15, 0.2) is 0 Å². The average Bonchev–Trinajstić information content (AvgIpc) is 3.04. The molecule has 6 heteroatoms. The van der Waals surface area contributed by atoms with Gasteiger partial charge in [-0.05, 0) is 56.3 Å². The highest BCUT2D eigenvalue weighted by Crippen LogP contribution is 2.22. The number of hydrogen-bond donors (Lipinski definition) is 2. The Morgan fingerprint density at radius 3 is 2.30 bits per heavy atom. The number of hydrogen-bond acceptors (Lipinski definition) is 4. The van der Waals surface area contributed by atoms with Gasteiger partial charge in [0.05, 0.1) is 24.9 Å². The van der Waals surface area contributed by atoms with Crippen molar-refractivity contribution in [2.75, 3.05) is 31.3 Å². The maximum atomic E-state index is 12.8. The highest BCUT2D eigenvalue weighted by molar-refractivity contribution is 6.10. The zero-order valence-electron chi connectivity index (χ0n) is 17.8. The van der Waals surface area contributed by atoms with E-state index in [0.29, 0.717) is 29.5 Å². The molecule has 0 heterocycles. The van der Waals surface area contributed by atoms with Crippen LogP contribution in [0.4, 0.5) is 11.4 Å². The topological polar surface area (TPSA) is 70.7 Å². The summed E-state index contributed by atoms with van der Waals surface area (Å²) in [6.07, 6.45) is 7.31. The van der Waals surface area contributed by atoms with Gasteiger partial charge in [0.1, 0.15) is 5.75 Å². The van der Waals surface area contributed by atoms with E-state index in [1.54, 1.807) is 49.6 Å². The van der Waals surface area contributed by atoms with Crippen molar-refractivity contribution in [1.82, 2.24) is 4.90 Å². The van der Waals surface area contributed by atoms with Crippen LogP contribution in [0, 0.1) is 0 Å². The maximum Gasteiger partial charge on any atom is 0.257 e. The van der Waals surface area contributed by atoms with E-state index in [1.165, 1.54) is 25.7 Å². The molecule has 0 saturated heterocycles. The second-order valence-electron chi connectivity index (χ2n) is 7.84.